The Kier molecular flexibility index (Phi) is 7.17. The van der Waals surface area contributed by atoms with Crippen molar-refractivity contribution in [1.29, 1.82) is 0 Å². The maximum Gasteiger partial charge on any atom is 0.363 e. The highest BCUT2D eigenvalue weighted by Gasteiger charge is 2.24. The minimum atomic E-state index is -0.531. The average Bonchev–Trinajstić information content (AvgIpc) is 3.13. The minimum absolute atomic E-state index is 0.175. The number of hydrogen-bond acceptors (Lipinski definition) is 5. The fraction of sp³-hybridized carbons (Fsp3) is 0.0833. The van der Waals surface area contributed by atoms with Crippen LogP contribution in [0.3, 0.4) is 0 Å². The van der Waals surface area contributed by atoms with E-state index in [4.69, 9.17) is 25.8 Å². The first-order valence-corrected chi connectivity index (χ1v) is 11.7. The first kappa shape index (κ1) is 22.8. The zero-order valence-corrected chi connectivity index (χ0v) is 21.3. The topological polar surface area (TPSA) is 57.1 Å². The smallest absolute Gasteiger partial charge is 0.363 e. The van der Waals surface area contributed by atoms with E-state index in [1.807, 2.05) is 48.5 Å². The highest BCUT2D eigenvalue weighted by molar-refractivity contribution is 14.1. The fourth-order valence-electron chi connectivity index (χ4n) is 3.03. The van der Waals surface area contributed by atoms with Crippen LogP contribution in [0.5, 0.6) is 11.5 Å². The van der Waals surface area contributed by atoms with Gasteiger partial charge in [-0.3, -0.25) is 0 Å². The zero-order chi connectivity index (χ0) is 22.7. The SMILES string of the molecule is COc1cc(/C=C2\N=C(c3ccc(Br)cc3)OC2=O)cc(Cl)c1OCc1cccc(I)c1. The molecular weight excluding hydrogens is 609 g/mol. The van der Waals surface area contributed by atoms with E-state index < -0.39 is 5.97 Å². The molecule has 8 heteroatoms. The molecule has 3 aromatic carbocycles. The number of rotatable bonds is 6. The lowest BCUT2D eigenvalue weighted by atomic mass is 10.1. The molecule has 0 unspecified atom stereocenters. The predicted octanol–water partition coefficient (Wildman–Crippen LogP) is 6.64. The molecule has 0 spiro atoms. The number of methoxy groups -OCH3 is 1. The van der Waals surface area contributed by atoms with Gasteiger partial charge in [-0.1, -0.05) is 39.7 Å². The van der Waals surface area contributed by atoms with E-state index in [9.17, 15) is 4.79 Å². The molecule has 4 rings (SSSR count). The second-order valence-corrected chi connectivity index (χ2v) is 9.36. The molecule has 5 nitrogen and oxygen atoms in total. The maximum absolute atomic E-state index is 12.3. The van der Waals surface area contributed by atoms with Gasteiger partial charge in [0.25, 0.3) is 0 Å². The molecular formula is C24H16BrClINO4. The molecule has 0 atom stereocenters. The molecule has 0 aromatic heterocycles. The molecule has 0 fully saturated rings. The van der Waals surface area contributed by atoms with Crippen molar-refractivity contribution in [2.45, 2.75) is 6.61 Å². The number of aliphatic imine (C=N–C) groups is 1. The number of halogens is 3. The molecule has 3 aromatic rings. The first-order valence-electron chi connectivity index (χ1n) is 9.46. The van der Waals surface area contributed by atoms with E-state index in [1.54, 1.807) is 18.2 Å². The van der Waals surface area contributed by atoms with Crippen molar-refractivity contribution in [2.75, 3.05) is 7.11 Å². The van der Waals surface area contributed by atoms with Crippen molar-refractivity contribution in [3.05, 3.63) is 96.1 Å². The first-order chi connectivity index (χ1) is 15.4. The Bertz CT molecular complexity index is 1240. The van der Waals surface area contributed by atoms with Gasteiger partial charge in [0.1, 0.15) is 6.61 Å². The van der Waals surface area contributed by atoms with E-state index in [2.05, 4.69) is 43.5 Å². The fourth-order valence-corrected chi connectivity index (χ4v) is 4.17. The standard InChI is InChI=1S/C24H16BrClINO4/c1-30-21-12-15(10-19(26)22(21)31-13-14-3-2-4-18(27)9-14)11-20-24(29)32-23(28-20)16-5-7-17(25)8-6-16/h2-12H,13H2,1H3/b20-11-. The van der Waals surface area contributed by atoms with Crippen LogP contribution in [-0.4, -0.2) is 19.0 Å². The van der Waals surface area contributed by atoms with Crippen LogP contribution in [-0.2, 0) is 16.1 Å². The van der Waals surface area contributed by atoms with E-state index in [1.165, 1.54) is 7.11 Å². The van der Waals surface area contributed by atoms with Gasteiger partial charge in [-0.05, 0) is 88.3 Å². The van der Waals surface area contributed by atoms with Gasteiger partial charge in [0.2, 0.25) is 5.90 Å². The normalized spacial score (nSPS) is 14.3. The summed E-state index contributed by atoms with van der Waals surface area (Å²) in [5, 5.41) is 0.366. The van der Waals surface area contributed by atoms with E-state index in [0.717, 1.165) is 13.6 Å². The van der Waals surface area contributed by atoms with Crippen LogP contribution in [0.2, 0.25) is 5.02 Å². The predicted molar refractivity (Wildman–Crippen MR) is 136 cm³/mol. The Balaban J connectivity index is 1.59. The van der Waals surface area contributed by atoms with Crippen LogP contribution >= 0.6 is 50.1 Å². The number of hydrogen-bond donors (Lipinski definition) is 0. The van der Waals surface area contributed by atoms with Crippen LogP contribution in [0.1, 0.15) is 16.7 Å². The molecule has 0 amide bonds. The summed E-state index contributed by atoms with van der Waals surface area (Å²) in [5.74, 6) is 0.614. The number of carbonyl (C=O) groups excluding carboxylic acids is 1. The van der Waals surface area contributed by atoms with Crippen LogP contribution in [0.15, 0.2) is 75.8 Å². The van der Waals surface area contributed by atoms with E-state index in [-0.39, 0.29) is 11.6 Å². The summed E-state index contributed by atoms with van der Waals surface area (Å²) in [6, 6.07) is 18.8. The molecule has 32 heavy (non-hydrogen) atoms. The number of cyclic esters (lactones) is 1. The Hall–Kier alpha value is -2.36. The number of nitrogens with zero attached hydrogens (tertiary/aromatic N) is 1. The summed E-state index contributed by atoms with van der Waals surface area (Å²) >= 11 is 12.1. The second-order valence-electron chi connectivity index (χ2n) is 6.80. The zero-order valence-electron chi connectivity index (χ0n) is 16.8. The third-order valence-electron chi connectivity index (χ3n) is 4.54. The molecule has 1 aliphatic rings. The molecule has 0 saturated heterocycles. The highest BCUT2D eigenvalue weighted by atomic mass is 127. The van der Waals surface area contributed by atoms with Crippen molar-refractivity contribution >= 4 is 68.1 Å². The third kappa shape index (κ3) is 5.33. The van der Waals surface area contributed by atoms with E-state index in [0.29, 0.717) is 34.3 Å². The Labute approximate surface area is 212 Å². The monoisotopic (exact) mass is 623 g/mol. The van der Waals surface area contributed by atoms with Gasteiger partial charge in [0.05, 0.1) is 12.1 Å². The number of esters is 1. The van der Waals surface area contributed by atoms with Gasteiger partial charge in [0, 0.05) is 13.6 Å². The molecule has 0 saturated carbocycles. The molecule has 1 heterocycles. The maximum atomic E-state index is 12.3. The molecule has 162 valence electrons. The van der Waals surface area contributed by atoms with Crippen LogP contribution in [0.25, 0.3) is 6.08 Å². The molecule has 0 aliphatic carbocycles. The van der Waals surface area contributed by atoms with Gasteiger partial charge in [-0.15, -0.1) is 0 Å². The molecule has 1 aliphatic heterocycles. The Morgan fingerprint density at radius 3 is 2.66 bits per heavy atom. The minimum Gasteiger partial charge on any atom is -0.493 e. The average molecular weight is 625 g/mol. The Morgan fingerprint density at radius 1 is 1.16 bits per heavy atom. The Morgan fingerprint density at radius 2 is 1.94 bits per heavy atom. The third-order valence-corrected chi connectivity index (χ3v) is 6.02. The largest absolute Gasteiger partial charge is 0.493 e. The van der Waals surface area contributed by atoms with E-state index >= 15 is 0 Å². The van der Waals surface area contributed by atoms with Gasteiger partial charge >= 0.3 is 5.97 Å². The van der Waals surface area contributed by atoms with Gasteiger partial charge in [0.15, 0.2) is 17.2 Å². The van der Waals surface area contributed by atoms with Crippen molar-refractivity contribution in [3.63, 3.8) is 0 Å². The summed E-state index contributed by atoms with van der Waals surface area (Å²) in [4.78, 5) is 16.6. The van der Waals surface area contributed by atoms with Crippen LogP contribution in [0, 0.1) is 3.57 Å². The lowest BCUT2D eigenvalue weighted by Crippen LogP contribution is -2.05. The summed E-state index contributed by atoms with van der Waals surface area (Å²) in [7, 11) is 1.54. The molecule has 0 bridgehead atoms. The van der Waals surface area contributed by atoms with Gasteiger partial charge in [-0.25, -0.2) is 9.79 Å². The summed E-state index contributed by atoms with van der Waals surface area (Å²) in [6.45, 7) is 0.348. The summed E-state index contributed by atoms with van der Waals surface area (Å²) in [5.41, 5.74) is 2.54. The van der Waals surface area contributed by atoms with Gasteiger partial charge in [-0.2, -0.15) is 0 Å². The second kappa shape index (κ2) is 10.1. The quantitative estimate of drug-likeness (QED) is 0.175. The number of ether oxygens (including phenoxy) is 3. The molecule has 0 N–H and O–H groups in total. The van der Waals surface area contributed by atoms with Crippen molar-refractivity contribution < 1.29 is 19.0 Å². The van der Waals surface area contributed by atoms with Crippen LogP contribution < -0.4 is 9.47 Å². The van der Waals surface area contributed by atoms with Gasteiger partial charge < -0.3 is 14.2 Å². The summed E-state index contributed by atoms with van der Waals surface area (Å²) < 4.78 is 18.8. The van der Waals surface area contributed by atoms with Crippen molar-refractivity contribution in [1.82, 2.24) is 0 Å². The van der Waals surface area contributed by atoms with Crippen molar-refractivity contribution in [2.24, 2.45) is 4.99 Å². The lowest BCUT2D eigenvalue weighted by molar-refractivity contribution is -0.129. The number of carbonyl (C=O) groups is 1. The summed E-state index contributed by atoms with van der Waals surface area (Å²) in [6.07, 6.45) is 1.60. The molecule has 0 radical (unpaired) electrons. The highest BCUT2D eigenvalue weighted by Crippen LogP contribution is 2.38. The van der Waals surface area contributed by atoms with Crippen LogP contribution in [0.4, 0.5) is 0 Å². The lowest BCUT2D eigenvalue weighted by Gasteiger charge is -2.13. The van der Waals surface area contributed by atoms with Crippen molar-refractivity contribution in [3.8, 4) is 11.5 Å². The number of benzene rings is 3.